The molecule has 0 spiro atoms. The van der Waals surface area contributed by atoms with Gasteiger partial charge in [-0.2, -0.15) is 0 Å². The molecule has 0 aromatic heterocycles. The number of carbonyl (C=O) groups excluding carboxylic acids is 1. The Hall–Kier alpha value is -0.910. The summed E-state index contributed by atoms with van der Waals surface area (Å²) in [7, 11) is 1.38. The van der Waals surface area contributed by atoms with Gasteiger partial charge in [0.2, 0.25) is 0 Å². The van der Waals surface area contributed by atoms with Crippen LogP contribution in [0.25, 0.3) is 3.58 Å². The number of rotatable bonds is 1. The Balaban J connectivity index is 2.59. The van der Waals surface area contributed by atoms with Crippen molar-refractivity contribution in [3.63, 3.8) is 0 Å². The van der Waals surface area contributed by atoms with Gasteiger partial charge in [-0.3, -0.25) is 4.99 Å². The molecule has 0 amide bonds. The molecule has 0 bridgehead atoms. The predicted octanol–water partition coefficient (Wildman–Crippen LogP) is 0.405. The average molecular weight is 301 g/mol. The summed E-state index contributed by atoms with van der Waals surface area (Å²) in [5.41, 5.74) is 0. The molecule has 0 unspecified atom stereocenters. The van der Waals surface area contributed by atoms with Crippen LogP contribution in [-0.2, 0) is 9.53 Å². The number of nitrogens with zero attached hydrogens (tertiary/aromatic N) is 1. The Labute approximate surface area is 94.6 Å². The fraction of sp³-hybridized carbons (Fsp3) is 0.200. The molecular formula is C10H8INO2. The van der Waals surface area contributed by atoms with Crippen molar-refractivity contribution in [2.24, 2.45) is 4.99 Å². The lowest BCUT2D eigenvalue weighted by atomic mass is 10.2. The molecule has 1 atom stereocenters. The molecule has 0 N–H and O–H groups in total. The third kappa shape index (κ3) is 1.43. The molecule has 1 heterocycles. The highest BCUT2D eigenvalue weighted by molar-refractivity contribution is 14.1. The first kappa shape index (κ1) is 9.64. The van der Waals surface area contributed by atoms with E-state index >= 15 is 0 Å². The molecule has 1 aromatic rings. The highest BCUT2D eigenvalue weighted by Crippen LogP contribution is 2.17. The molecule has 1 aromatic carbocycles. The molecule has 4 heteroatoms. The van der Waals surface area contributed by atoms with Gasteiger partial charge in [0.25, 0.3) is 0 Å². The topological polar surface area (TPSA) is 38.7 Å². The highest BCUT2D eigenvalue weighted by Gasteiger charge is 2.25. The molecule has 14 heavy (non-hydrogen) atoms. The minimum Gasteiger partial charge on any atom is -0.467 e. The fourth-order valence-corrected chi connectivity index (χ4v) is 2.25. The highest BCUT2D eigenvalue weighted by atomic mass is 127. The van der Waals surface area contributed by atoms with E-state index in [1.54, 1.807) is 0 Å². The summed E-state index contributed by atoms with van der Waals surface area (Å²) in [6, 6.07) is 7.25. The van der Waals surface area contributed by atoms with E-state index in [-0.39, 0.29) is 5.97 Å². The van der Waals surface area contributed by atoms with Gasteiger partial charge in [0, 0.05) is 8.80 Å². The Morgan fingerprint density at radius 2 is 2.21 bits per heavy atom. The number of esters is 1. The number of hydrogen-bond acceptors (Lipinski definition) is 3. The average Bonchev–Trinajstić information content (AvgIpc) is 2.56. The van der Waals surface area contributed by atoms with E-state index in [0.29, 0.717) is 0 Å². The van der Waals surface area contributed by atoms with Crippen LogP contribution in [0.1, 0.15) is 0 Å². The van der Waals surface area contributed by atoms with Gasteiger partial charge in [0.1, 0.15) is 0 Å². The summed E-state index contributed by atoms with van der Waals surface area (Å²) in [5, 5.41) is 1.90. The maximum atomic E-state index is 11.4. The maximum absolute atomic E-state index is 11.4. The molecule has 0 fully saturated rings. The molecular weight excluding hydrogens is 293 g/mol. The number of carbonyl (C=O) groups is 1. The molecule has 1 aliphatic rings. The van der Waals surface area contributed by atoms with Crippen LogP contribution in [0.5, 0.6) is 0 Å². The monoisotopic (exact) mass is 301 g/mol. The molecule has 0 radical (unpaired) electrons. The Bertz CT molecular complexity index is 495. The van der Waals surface area contributed by atoms with Gasteiger partial charge in [-0.15, -0.1) is 0 Å². The van der Waals surface area contributed by atoms with Crippen molar-refractivity contribution < 1.29 is 9.53 Å². The van der Waals surface area contributed by atoms with Crippen molar-refractivity contribution >= 4 is 32.1 Å². The van der Waals surface area contributed by atoms with Gasteiger partial charge < -0.3 is 4.74 Å². The molecule has 0 aliphatic carbocycles. The molecule has 0 saturated heterocycles. The van der Waals surface area contributed by atoms with Crippen LogP contribution in [0, 0.1) is 0 Å². The third-order valence-corrected chi connectivity index (χ3v) is 3.27. The summed E-state index contributed by atoms with van der Waals surface area (Å²) in [6.45, 7) is 0. The maximum Gasteiger partial charge on any atom is 0.335 e. The third-order valence-electron chi connectivity index (χ3n) is 2.09. The largest absolute Gasteiger partial charge is 0.467 e. The predicted molar refractivity (Wildman–Crippen MR) is 60.5 cm³/mol. The summed E-state index contributed by atoms with van der Waals surface area (Å²) in [4.78, 5) is 15.6. The van der Waals surface area contributed by atoms with Gasteiger partial charge in [0.15, 0.2) is 6.04 Å². The van der Waals surface area contributed by atoms with Gasteiger partial charge in [-0.05, 0) is 28.7 Å². The van der Waals surface area contributed by atoms with Crippen LogP contribution in [0.15, 0.2) is 29.3 Å². The zero-order valence-electron chi connectivity index (χ0n) is 7.53. The van der Waals surface area contributed by atoms with Crippen LogP contribution in [-0.4, -0.2) is 19.1 Å². The van der Waals surface area contributed by atoms with Crippen LogP contribution < -0.4 is 10.6 Å². The molecule has 3 nitrogen and oxygen atoms in total. The van der Waals surface area contributed by atoms with E-state index in [0.717, 1.165) is 14.2 Å². The van der Waals surface area contributed by atoms with Gasteiger partial charge >= 0.3 is 5.97 Å². The Morgan fingerprint density at radius 1 is 1.50 bits per heavy atom. The second-order valence-corrected chi connectivity index (χ2v) is 4.08. The number of methoxy groups -OCH3 is 1. The number of ether oxygens (including phenoxy) is 1. The SMILES string of the molecule is COC(=O)[C@H]1N=c2ccccc2=C1I. The molecule has 0 saturated carbocycles. The summed E-state index contributed by atoms with van der Waals surface area (Å²) in [6.07, 6.45) is 0. The first-order chi connectivity index (χ1) is 6.74. The number of para-hydroxylation sites is 1. The lowest BCUT2D eigenvalue weighted by Gasteiger charge is -2.04. The normalized spacial score (nSPS) is 18.7. The van der Waals surface area contributed by atoms with E-state index in [1.807, 2.05) is 24.3 Å². The van der Waals surface area contributed by atoms with E-state index in [1.165, 1.54) is 7.11 Å². The van der Waals surface area contributed by atoms with Crippen LogP contribution >= 0.6 is 22.6 Å². The first-order valence-corrected chi connectivity index (χ1v) is 5.22. The van der Waals surface area contributed by atoms with Crippen molar-refractivity contribution in [1.29, 1.82) is 0 Å². The van der Waals surface area contributed by atoms with Crippen molar-refractivity contribution in [3.8, 4) is 0 Å². The zero-order valence-corrected chi connectivity index (χ0v) is 9.69. The zero-order chi connectivity index (χ0) is 10.1. The number of benzene rings is 1. The van der Waals surface area contributed by atoms with Crippen LogP contribution in [0.3, 0.4) is 0 Å². The van der Waals surface area contributed by atoms with E-state index in [4.69, 9.17) is 0 Å². The first-order valence-electron chi connectivity index (χ1n) is 4.14. The van der Waals surface area contributed by atoms with Gasteiger partial charge in [-0.25, -0.2) is 4.79 Å². The van der Waals surface area contributed by atoms with E-state index in [9.17, 15) is 4.79 Å². The quantitative estimate of drug-likeness (QED) is 0.556. The van der Waals surface area contributed by atoms with Crippen molar-refractivity contribution in [1.82, 2.24) is 0 Å². The summed E-state index contributed by atoms with van der Waals surface area (Å²) >= 11 is 2.15. The lowest BCUT2D eigenvalue weighted by Crippen LogP contribution is -2.21. The lowest BCUT2D eigenvalue weighted by molar-refractivity contribution is -0.140. The van der Waals surface area contributed by atoms with Crippen molar-refractivity contribution in [2.45, 2.75) is 6.04 Å². The van der Waals surface area contributed by atoms with Crippen molar-refractivity contribution in [3.05, 3.63) is 34.8 Å². The van der Waals surface area contributed by atoms with Gasteiger partial charge in [-0.1, -0.05) is 18.2 Å². The molecule has 1 aliphatic heterocycles. The second kappa shape index (κ2) is 3.68. The fourth-order valence-electron chi connectivity index (χ4n) is 1.40. The van der Waals surface area contributed by atoms with Gasteiger partial charge in [0.05, 0.1) is 12.5 Å². The molecule has 72 valence electrons. The minimum absolute atomic E-state index is 0.300. The summed E-state index contributed by atoms with van der Waals surface area (Å²) in [5.74, 6) is -0.300. The standard InChI is InChI=1S/C10H8INO2/c1-14-10(13)9-8(11)6-4-2-3-5-7(6)12-9/h2-5,9H,1H3/t9-/m0/s1. The van der Waals surface area contributed by atoms with E-state index in [2.05, 4.69) is 32.3 Å². The van der Waals surface area contributed by atoms with Crippen molar-refractivity contribution in [2.75, 3.05) is 7.11 Å². The van der Waals surface area contributed by atoms with Crippen LogP contribution in [0.2, 0.25) is 0 Å². The smallest absolute Gasteiger partial charge is 0.335 e. The number of hydrogen-bond donors (Lipinski definition) is 0. The van der Waals surface area contributed by atoms with E-state index < -0.39 is 6.04 Å². The number of halogens is 1. The number of fused-ring (bicyclic) bond motifs is 1. The second-order valence-electron chi connectivity index (χ2n) is 2.92. The molecule has 2 rings (SSSR count). The summed E-state index contributed by atoms with van der Waals surface area (Å²) < 4.78 is 5.61. The minimum atomic E-state index is -0.460. The Morgan fingerprint density at radius 3 is 2.86 bits per heavy atom. The Kier molecular flexibility index (Phi) is 2.54. The van der Waals surface area contributed by atoms with Crippen LogP contribution in [0.4, 0.5) is 0 Å².